The van der Waals surface area contributed by atoms with Crippen LogP contribution in [0.1, 0.15) is 13.3 Å². The summed E-state index contributed by atoms with van der Waals surface area (Å²) >= 11 is 0. The highest BCUT2D eigenvalue weighted by Crippen LogP contribution is 2.08. The molecule has 6 heteroatoms. The maximum atomic E-state index is 11.9. The van der Waals surface area contributed by atoms with Crippen molar-refractivity contribution in [1.29, 1.82) is 0 Å². The van der Waals surface area contributed by atoms with Crippen LogP contribution in [0.2, 0.25) is 0 Å². The average Bonchev–Trinajstić information content (AvgIpc) is 2.42. The Morgan fingerprint density at radius 3 is 3.11 bits per heavy atom. The maximum absolute atomic E-state index is 11.9. The summed E-state index contributed by atoms with van der Waals surface area (Å²) in [5.74, 6) is 0.0182. The number of ether oxygens (including phenoxy) is 2. The third-order valence-electron chi connectivity index (χ3n) is 3.13. The van der Waals surface area contributed by atoms with Gasteiger partial charge in [0, 0.05) is 33.4 Å². The number of amides is 1. The van der Waals surface area contributed by atoms with Gasteiger partial charge in [0.1, 0.15) is 0 Å². The minimum atomic E-state index is -0.189. The van der Waals surface area contributed by atoms with Crippen molar-refractivity contribution in [2.24, 2.45) is 0 Å². The lowest BCUT2D eigenvalue weighted by Gasteiger charge is -2.35. The van der Waals surface area contributed by atoms with Crippen molar-refractivity contribution < 1.29 is 19.4 Å². The summed E-state index contributed by atoms with van der Waals surface area (Å²) in [6.07, 6.45) is 0.639. The topological polar surface area (TPSA) is 71.0 Å². The molecule has 1 fully saturated rings. The van der Waals surface area contributed by atoms with Gasteiger partial charge in [-0.2, -0.15) is 0 Å². The summed E-state index contributed by atoms with van der Waals surface area (Å²) in [5, 5.41) is 11.9. The number of hydrogen-bond donors (Lipinski definition) is 2. The van der Waals surface area contributed by atoms with Gasteiger partial charge in [0.05, 0.1) is 25.4 Å². The number of rotatable bonds is 7. The van der Waals surface area contributed by atoms with Crippen LogP contribution in [0, 0.1) is 0 Å². The Morgan fingerprint density at radius 1 is 1.67 bits per heavy atom. The summed E-state index contributed by atoms with van der Waals surface area (Å²) in [6, 6.07) is -0.189. The van der Waals surface area contributed by atoms with Crippen LogP contribution in [0.4, 0.5) is 0 Å². The molecule has 1 rings (SSSR count). The second-order valence-electron chi connectivity index (χ2n) is 4.48. The lowest BCUT2D eigenvalue weighted by atomic mass is 10.2. The van der Waals surface area contributed by atoms with Crippen LogP contribution < -0.4 is 5.32 Å². The van der Waals surface area contributed by atoms with Crippen LogP contribution >= 0.6 is 0 Å². The lowest BCUT2D eigenvalue weighted by molar-refractivity contribution is -0.130. The van der Waals surface area contributed by atoms with Crippen molar-refractivity contribution in [3.63, 3.8) is 0 Å². The zero-order chi connectivity index (χ0) is 13.4. The molecule has 18 heavy (non-hydrogen) atoms. The first-order valence-corrected chi connectivity index (χ1v) is 6.42. The fourth-order valence-corrected chi connectivity index (χ4v) is 1.95. The molecule has 6 nitrogen and oxygen atoms in total. The van der Waals surface area contributed by atoms with Crippen molar-refractivity contribution in [2.75, 3.05) is 46.6 Å². The molecule has 106 valence electrons. The second-order valence-corrected chi connectivity index (χ2v) is 4.48. The largest absolute Gasteiger partial charge is 0.394 e. The SMILES string of the molecule is COCCCNC(=O)C(C)N1CCOC(CO)C1. The van der Waals surface area contributed by atoms with E-state index in [1.54, 1.807) is 7.11 Å². The Labute approximate surface area is 108 Å². The quantitative estimate of drug-likeness (QED) is 0.588. The number of nitrogens with one attached hydrogen (secondary N) is 1. The molecule has 2 atom stereocenters. The highest BCUT2D eigenvalue weighted by molar-refractivity contribution is 5.81. The van der Waals surface area contributed by atoms with Gasteiger partial charge in [-0.05, 0) is 13.3 Å². The molecule has 1 saturated heterocycles. The van der Waals surface area contributed by atoms with Crippen molar-refractivity contribution >= 4 is 5.91 Å². The summed E-state index contributed by atoms with van der Waals surface area (Å²) in [6.45, 7) is 5.05. The van der Waals surface area contributed by atoms with E-state index in [0.29, 0.717) is 26.3 Å². The van der Waals surface area contributed by atoms with E-state index in [1.807, 2.05) is 11.8 Å². The molecule has 0 aliphatic carbocycles. The smallest absolute Gasteiger partial charge is 0.237 e. The Hall–Kier alpha value is -0.690. The minimum Gasteiger partial charge on any atom is -0.394 e. The van der Waals surface area contributed by atoms with Gasteiger partial charge >= 0.3 is 0 Å². The van der Waals surface area contributed by atoms with E-state index in [0.717, 1.165) is 13.0 Å². The fraction of sp³-hybridized carbons (Fsp3) is 0.917. The van der Waals surface area contributed by atoms with Gasteiger partial charge in [0.25, 0.3) is 0 Å². The molecule has 0 aromatic carbocycles. The van der Waals surface area contributed by atoms with E-state index in [-0.39, 0.29) is 24.7 Å². The number of aliphatic hydroxyl groups is 1. The molecule has 1 aliphatic heterocycles. The number of carbonyl (C=O) groups is 1. The van der Waals surface area contributed by atoms with Crippen LogP contribution in [0.25, 0.3) is 0 Å². The van der Waals surface area contributed by atoms with Crippen LogP contribution in [0.3, 0.4) is 0 Å². The first-order valence-electron chi connectivity index (χ1n) is 6.42. The minimum absolute atomic E-state index is 0.00131. The van der Waals surface area contributed by atoms with Crippen LogP contribution in [-0.4, -0.2) is 74.6 Å². The Balaban J connectivity index is 2.28. The molecule has 1 amide bonds. The van der Waals surface area contributed by atoms with Crippen molar-refractivity contribution in [1.82, 2.24) is 10.2 Å². The fourth-order valence-electron chi connectivity index (χ4n) is 1.95. The molecule has 0 radical (unpaired) electrons. The maximum Gasteiger partial charge on any atom is 0.237 e. The molecule has 0 spiro atoms. The average molecular weight is 260 g/mol. The molecule has 0 saturated carbocycles. The van der Waals surface area contributed by atoms with E-state index >= 15 is 0 Å². The van der Waals surface area contributed by atoms with Crippen molar-refractivity contribution in [3.8, 4) is 0 Å². The predicted octanol–water partition coefficient (Wildman–Crippen LogP) is -0.779. The third-order valence-corrected chi connectivity index (χ3v) is 3.13. The van der Waals surface area contributed by atoms with E-state index in [4.69, 9.17) is 14.6 Å². The summed E-state index contributed by atoms with van der Waals surface area (Å²) in [7, 11) is 1.65. The van der Waals surface area contributed by atoms with Crippen LogP contribution in [-0.2, 0) is 14.3 Å². The second kappa shape index (κ2) is 8.42. The number of carbonyl (C=O) groups excluding carboxylic acids is 1. The number of nitrogens with zero attached hydrogens (tertiary/aromatic N) is 1. The van der Waals surface area contributed by atoms with E-state index in [9.17, 15) is 4.79 Å². The van der Waals surface area contributed by atoms with E-state index in [2.05, 4.69) is 5.32 Å². The predicted molar refractivity (Wildman–Crippen MR) is 67.4 cm³/mol. The molecule has 0 aromatic heterocycles. The molecule has 1 aliphatic rings. The molecule has 0 aromatic rings. The van der Waals surface area contributed by atoms with Gasteiger partial charge in [0.15, 0.2) is 0 Å². The van der Waals surface area contributed by atoms with Gasteiger partial charge in [0.2, 0.25) is 5.91 Å². The highest BCUT2D eigenvalue weighted by atomic mass is 16.5. The van der Waals surface area contributed by atoms with Crippen molar-refractivity contribution in [2.45, 2.75) is 25.5 Å². The Kier molecular flexibility index (Phi) is 7.19. The Bertz CT molecular complexity index is 250. The standard InChI is InChI=1S/C12H24N2O4/c1-10(12(16)13-4-3-6-17-2)14-5-7-18-11(8-14)9-15/h10-11,15H,3-9H2,1-2H3,(H,13,16). The van der Waals surface area contributed by atoms with E-state index < -0.39 is 0 Å². The Morgan fingerprint density at radius 2 is 2.44 bits per heavy atom. The van der Waals surface area contributed by atoms with Gasteiger partial charge < -0.3 is 19.9 Å². The van der Waals surface area contributed by atoms with E-state index in [1.165, 1.54) is 0 Å². The number of hydrogen-bond acceptors (Lipinski definition) is 5. The van der Waals surface area contributed by atoms with Gasteiger partial charge in [-0.15, -0.1) is 0 Å². The number of methoxy groups -OCH3 is 1. The highest BCUT2D eigenvalue weighted by Gasteiger charge is 2.27. The van der Waals surface area contributed by atoms with Crippen LogP contribution in [0.5, 0.6) is 0 Å². The molecular formula is C12H24N2O4. The molecule has 2 unspecified atom stereocenters. The lowest BCUT2D eigenvalue weighted by Crippen LogP contribution is -2.53. The first kappa shape index (κ1) is 15.4. The van der Waals surface area contributed by atoms with Gasteiger partial charge in [-0.25, -0.2) is 0 Å². The summed E-state index contributed by atoms with van der Waals surface area (Å²) in [4.78, 5) is 13.9. The normalized spacial score (nSPS) is 22.7. The molecule has 0 bridgehead atoms. The molecule has 2 N–H and O–H groups in total. The third kappa shape index (κ3) is 4.89. The zero-order valence-electron chi connectivity index (χ0n) is 11.2. The van der Waals surface area contributed by atoms with Gasteiger partial charge in [-0.3, -0.25) is 9.69 Å². The summed E-state index contributed by atoms with van der Waals surface area (Å²) < 4.78 is 10.3. The van der Waals surface area contributed by atoms with Gasteiger partial charge in [-0.1, -0.05) is 0 Å². The monoisotopic (exact) mass is 260 g/mol. The molecule has 1 heterocycles. The first-order chi connectivity index (χ1) is 8.69. The number of aliphatic hydroxyl groups excluding tert-OH is 1. The van der Waals surface area contributed by atoms with Crippen LogP contribution in [0.15, 0.2) is 0 Å². The van der Waals surface area contributed by atoms with Crippen molar-refractivity contribution in [3.05, 3.63) is 0 Å². The zero-order valence-corrected chi connectivity index (χ0v) is 11.2. The molecular weight excluding hydrogens is 236 g/mol. The summed E-state index contributed by atoms with van der Waals surface area (Å²) in [5.41, 5.74) is 0. The number of morpholine rings is 1.